The van der Waals surface area contributed by atoms with Crippen molar-refractivity contribution in [1.29, 1.82) is 5.26 Å². The number of nitrogens with two attached hydrogens (primary N) is 1. The molecule has 1 heterocycles. The van der Waals surface area contributed by atoms with Gasteiger partial charge in [0, 0.05) is 17.8 Å². The van der Waals surface area contributed by atoms with Crippen LogP contribution < -0.4 is 5.73 Å². The van der Waals surface area contributed by atoms with Crippen LogP contribution in [0.15, 0.2) is 18.3 Å². The number of nitrogens with zero attached hydrogens (tertiary/aromatic N) is 2. The molecule has 0 spiro atoms. The second-order valence-electron chi connectivity index (χ2n) is 2.35. The van der Waals surface area contributed by atoms with Crippen molar-refractivity contribution in [3.05, 3.63) is 29.8 Å². The molecule has 0 saturated heterocycles. The number of rotatable bonds is 2. The van der Waals surface area contributed by atoms with Crippen LogP contribution in [0.25, 0.3) is 0 Å². The average molecular weight is 165 g/mol. The fraction of sp³-hybridized carbons (Fsp3) is 0.250. The molecule has 1 aromatic heterocycles. The van der Waals surface area contributed by atoms with E-state index in [9.17, 15) is 4.39 Å². The minimum Gasteiger partial charge on any atom is -0.323 e. The van der Waals surface area contributed by atoms with Gasteiger partial charge in [0.25, 0.3) is 0 Å². The van der Waals surface area contributed by atoms with E-state index < -0.39 is 12.0 Å². The van der Waals surface area contributed by atoms with E-state index in [1.165, 1.54) is 12.3 Å². The van der Waals surface area contributed by atoms with Crippen molar-refractivity contribution in [3.8, 4) is 6.07 Å². The molecule has 2 N–H and O–H groups in total. The van der Waals surface area contributed by atoms with E-state index in [0.29, 0.717) is 5.56 Å². The van der Waals surface area contributed by atoms with Crippen LogP contribution in [0.4, 0.5) is 4.39 Å². The second-order valence-corrected chi connectivity index (χ2v) is 2.35. The van der Waals surface area contributed by atoms with Crippen molar-refractivity contribution in [2.24, 2.45) is 5.73 Å². The van der Waals surface area contributed by atoms with E-state index in [1.807, 2.05) is 6.07 Å². The Morgan fingerprint density at radius 3 is 3.08 bits per heavy atom. The van der Waals surface area contributed by atoms with Gasteiger partial charge in [-0.05, 0) is 6.07 Å². The van der Waals surface area contributed by atoms with Gasteiger partial charge >= 0.3 is 0 Å². The quantitative estimate of drug-likeness (QED) is 0.668. The molecule has 1 rings (SSSR count). The van der Waals surface area contributed by atoms with E-state index in [0.717, 1.165) is 0 Å². The van der Waals surface area contributed by atoms with Crippen LogP contribution in [0, 0.1) is 17.3 Å². The SMILES string of the molecule is N#CCC(N)c1cccnc1F. The Kier molecular flexibility index (Phi) is 2.72. The maximum Gasteiger partial charge on any atom is 0.217 e. The predicted octanol–water partition coefficient (Wildman–Crippen LogP) is 1.13. The van der Waals surface area contributed by atoms with Crippen molar-refractivity contribution in [1.82, 2.24) is 4.98 Å². The van der Waals surface area contributed by atoms with Crippen molar-refractivity contribution >= 4 is 0 Å². The standard InChI is InChI=1S/C8H8FN3/c9-8-6(2-1-5-12-8)7(11)3-4-10/h1-2,5,7H,3,11H2. The van der Waals surface area contributed by atoms with Crippen molar-refractivity contribution in [2.75, 3.05) is 0 Å². The number of hydrogen-bond acceptors (Lipinski definition) is 3. The molecule has 1 atom stereocenters. The molecule has 1 unspecified atom stereocenters. The van der Waals surface area contributed by atoms with Crippen molar-refractivity contribution < 1.29 is 4.39 Å². The van der Waals surface area contributed by atoms with Gasteiger partial charge in [-0.25, -0.2) is 4.98 Å². The molecule has 0 amide bonds. The molecule has 0 bridgehead atoms. The highest BCUT2D eigenvalue weighted by atomic mass is 19.1. The molecule has 12 heavy (non-hydrogen) atoms. The third-order valence-corrected chi connectivity index (χ3v) is 1.50. The minimum atomic E-state index is -0.597. The molecule has 4 heteroatoms. The van der Waals surface area contributed by atoms with Gasteiger partial charge in [-0.3, -0.25) is 0 Å². The molecule has 62 valence electrons. The highest BCUT2D eigenvalue weighted by molar-refractivity contribution is 5.16. The third kappa shape index (κ3) is 1.77. The van der Waals surface area contributed by atoms with Crippen LogP contribution in [0.5, 0.6) is 0 Å². The zero-order chi connectivity index (χ0) is 8.97. The van der Waals surface area contributed by atoms with Crippen molar-refractivity contribution in [2.45, 2.75) is 12.5 Å². The Labute approximate surface area is 69.6 Å². The van der Waals surface area contributed by atoms with E-state index in [-0.39, 0.29) is 6.42 Å². The highest BCUT2D eigenvalue weighted by Crippen LogP contribution is 2.14. The summed E-state index contributed by atoms with van der Waals surface area (Å²) in [5.41, 5.74) is 5.79. The van der Waals surface area contributed by atoms with E-state index >= 15 is 0 Å². The number of nitriles is 1. The first-order valence-electron chi connectivity index (χ1n) is 3.48. The highest BCUT2D eigenvalue weighted by Gasteiger charge is 2.10. The van der Waals surface area contributed by atoms with Crippen LogP contribution >= 0.6 is 0 Å². The molecule has 0 aliphatic rings. The van der Waals surface area contributed by atoms with Gasteiger partial charge in [0.15, 0.2) is 0 Å². The zero-order valence-corrected chi connectivity index (χ0v) is 6.37. The predicted molar refractivity (Wildman–Crippen MR) is 41.4 cm³/mol. The van der Waals surface area contributed by atoms with E-state index in [2.05, 4.69) is 4.98 Å². The van der Waals surface area contributed by atoms with Crippen molar-refractivity contribution in [3.63, 3.8) is 0 Å². The number of halogens is 1. The molecule has 0 saturated carbocycles. The first kappa shape index (κ1) is 8.62. The fourth-order valence-electron chi connectivity index (χ4n) is 0.883. The molecule has 3 nitrogen and oxygen atoms in total. The van der Waals surface area contributed by atoms with Gasteiger partial charge < -0.3 is 5.73 Å². The Morgan fingerprint density at radius 2 is 2.50 bits per heavy atom. The topological polar surface area (TPSA) is 62.7 Å². The summed E-state index contributed by atoms with van der Waals surface area (Å²) in [5, 5.41) is 8.32. The van der Waals surface area contributed by atoms with Crippen LogP contribution in [0.3, 0.4) is 0 Å². The zero-order valence-electron chi connectivity index (χ0n) is 6.37. The maximum atomic E-state index is 12.9. The van der Waals surface area contributed by atoms with Crippen LogP contribution in [0.2, 0.25) is 0 Å². The third-order valence-electron chi connectivity index (χ3n) is 1.50. The molecule has 0 fully saturated rings. The Balaban J connectivity index is 2.88. The Hall–Kier alpha value is -1.47. The molecule has 0 aromatic carbocycles. The largest absolute Gasteiger partial charge is 0.323 e. The summed E-state index contributed by atoms with van der Waals surface area (Å²) in [4.78, 5) is 3.43. The van der Waals surface area contributed by atoms with Gasteiger partial charge in [0.2, 0.25) is 5.95 Å². The summed E-state index contributed by atoms with van der Waals surface area (Å²) in [6.45, 7) is 0. The van der Waals surface area contributed by atoms with Crippen LogP contribution in [-0.4, -0.2) is 4.98 Å². The Morgan fingerprint density at radius 1 is 1.75 bits per heavy atom. The number of hydrogen-bond donors (Lipinski definition) is 1. The summed E-state index contributed by atoms with van der Waals surface area (Å²) in [6, 6.07) is 4.42. The normalized spacial score (nSPS) is 12.1. The number of aromatic nitrogens is 1. The van der Waals surface area contributed by atoms with E-state index in [1.54, 1.807) is 6.07 Å². The minimum absolute atomic E-state index is 0.0998. The smallest absolute Gasteiger partial charge is 0.217 e. The molecular formula is C8H8FN3. The van der Waals surface area contributed by atoms with Crippen LogP contribution in [-0.2, 0) is 0 Å². The Bertz CT molecular complexity index is 305. The lowest BCUT2D eigenvalue weighted by Crippen LogP contribution is -2.11. The van der Waals surface area contributed by atoms with Gasteiger partial charge in [0.1, 0.15) is 0 Å². The molecule has 0 aliphatic heterocycles. The lowest BCUT2D eigenvalue weighted by molar-refractivity contribution is 0.546. The first-order chi connectivity index (χ1) is 5.75. The van der Waals surface area contributed by atoms with Crippen LogP contribution in [0.1, 0.15) is 18.0 Å². The van der Waals surface area contributed by atoms with Gasteiger partial charge in [0.05, 0.1) is 12.5 Å². The molecule has 1 aromatic rings. The second kappa shape index (κ2) is 3.79. The van der Waals surface area contributed by atoms with Gasteiger partial charge in [-0.2, -0.15) is 9.65 Å². The maximum absolute atomic E-state index is 12.9. The molecular weight excluding hydrogens is 157 g/mol. The summed E-state index contributed by atoms with van der Waals surface area (Å²) in [5.74, 6) is -0.597. The average Bonchev–Trinajstić information content (AvgIpc) is 2.05. The number of pyridine rings is 1. The van der Waals surface area contributed by atoms with Gasteiger partial charge in [-0.15, -0.1) is 0 Å². The fourth-order valence-corrected chi connectivity index (χ4v) is 0.883. The summed E-state index contributed by atoms with van der Waals surface area (Å²) in [7, 11) is 0. The lowest BCUT2D eigenvalue weighted by Gasteiger charge is -2.06. The summed E-state index contributed by atoms with van der Waals surface area (Å²) < 4.78 is 12.9. The molecule has 0 aliphatic carbocycles. The monoisotopic (exact) mass is 165 g/mol. The summed E-state index contributed by atoms with van der Waals surface area (Å²) in [6.07, 6.45) is 1.44. The summed E-state index contributed by atoms with van der Waals surface area (Å²) >= 11 is 0. The van der Waals surface area contributed by atoms with E-state index in [4.69, 9.17) is 11.0 Å². The lowest BCUT2D eigenvalue weighted by atomic mass is 10.1. The first-order valence-corrected chi connectivity index (χ1v) is 3.48. The molecule has 0 radical (unpaired) electrons. The van der Waals surface area contributed by atoms with Gasteiger partial charge in [-0.1, -0.05) is 6.07 Å².